The number of benzene rings is 6. The van der Waals surface area contributed by atoms with Gasteiger partial charge in [-0.05, 0) is 110 Å². The van der Waals surface area contributed by atoms with E-state index in [1.165, 1.54) is 93.6 Å². The first-order valence-electron chi connectivity index (χ1n) is 21.7. The largest absolute Gasteiger partial charge is 0.530 e. The van der Waals surface area contributed by atoms with Crippen LogP contribution < -0.4 is 45.5 Å². The van der Waals surface area contributed by atoms with Gasteiger partial charge in [0.1, 0.15) is 37.1 Å². The number of anilines is 3. The molecule has 0 heterocycles. The molecule has 6 amide bonds. The molecule has 0 radical (unpaired) electrons. The van der Waals surface area contributed by atoms with Crippen LogP contribution in [0.3, 0.4) is 0 Å². The predicted molar refractivity (Wildman–Crippen MR) is 261 cm³/mol. The molecule has 0 spiro atoms. The summed E-state index contributed by atoms with van der Waals surface area (Å²) in [6.07, 6.45) is -2.84. The Balaban J connectivity index is 1.25. The lowest BCUT2D eigenvalue weighted by molar-refractivity contribution is -0.119. The lowest BCUT2D eigenvalue weighted by Crippen LogP contribution is -2.46. The van der Waals surface area contributed by atoms with Gasteiger partial charge in [0.2, 0.25) is 0 Å². The Kier molecular flexibility index (Phi) is 18.1. The smallest absolute Gasteiger partial charge is 0.444 e. The van der Waals surface area contributed by atoms with Crippen molar-refractivity contribution in [2.75, 3.05) is 14.7 Å². The second kappa shape index (κ2) is 24.7. The maximum atomic E-state index is 13.3. The average molecular weight is 971 g/mol. The first kappa shape index (κ1) is 51.2. The van der Waals surface area contributed by atoms with Crippen LogP contribution in [0.2, 0.25) is 0 Å². The second-order valence-corrected chi connectivity index (χ2v) is 16.5. The van der Waals surface area contributed by atoms with Crippen LogP contribution in [-0.4, -0.2) is 54.1 Å². The van der Waals surface area contributed by atoms with Crippen LogP contribution in [0, 0.1) is 0 Å². The minimum atomic E-state index is -2.44. The van der Waals surface area contributed by atoms with Gasteiger partial charge in [-0.15, -0.1) is 0 Å². The van der Waals surface area contributed by atoms with E-state index in [9.17, 15) is 28.8 Å². The van der Waals surface area contributed by atoms with E-state index in [0.717, 1.165) is 14.7 Å². The van der Waals surface area contributed by atoms with E-state index >= 15 is 0 Å². The zero-order chi connectivity index (χ0) is 50.2. The second-order valence-electron chi connectivity index (χ2n) is 15.5. The van der Waals surface area contributed by atoms with Crippen LogP contribution in [0.25, 0.3) is 0 Å². The van der Waals surface area contributed by atoms with Crippen molar-refractivity contribution in [3.8, 4) is 17.2 Å². The molecule has 0 aliphatic heterocycles. The Morgan fingerprint density at radius 2 is 0.614 bits per heavy atom. The fraction of sp³-hybridized carbons (Fsp3) is 0.176. The van der Waals surface area contributed by atoms with Crippen LogP contribution in [0.4, 0.5) is 31.4 Å². The zero-order valence-corrected chi connectivity index (χ0v) is 39.3. The highest BCUT2D eigenvalue weighted by molar-refractivity contribution is 7.43. The highest BCUT2D eigenvalue weighted by Crippen LogP contribution is 2.43. The van der Waals surface area contributed by atoms with E-state index in [1.807, 2.05) is 18.2 Å². The monoisotopic (exact) mass is 970 g/mol. The molecule has 0 aliphatic carbocycles. The molecule has 6 aromatic rings. The Morgan fingerprint density at radius 3 is 0.829 bits per heavy atom. The molecule has 70 heavy (non-hydrogen) atoms. The summed E-state index contributed by atoms with van der Waals surface area (Å²) in [5.74, 6) is -1.66. The highest BCUT2D eigenvalue weighted by atomic mass is 31.2. The molecule has 18 nitrogen and oxygen atoms in total. The van der Waals surface area contributed by atoms with Crippen molar-refractivity contribution in [1.82, 2.24) is 0 Å². The molecule has 6 rings (SSSR count). The zero-order valence-electron chi connectivity index (χ0n) is 38.4. The minimum absolute atomic E-state index is 0.0951. The van der Waals surface area contributed by atoms with Gasteiger partial charge < -0.3 is 45.0 Å². The van der Waals surface area contributed by atoms with Gasteiger partial charge in [-0.2, -0.15) is 0 Å². The number of ether oxygens (including phenoxy) is 3. The number of amides is 6. The lowest BCUT2D eigenvalue weighted by Gasteiger charge is -2.24. The molecular formula is C51H51N6O12P. The van der Waals surface area contributed by atoms with Crippen molar-refractivity contribution in [1.29, 1.82) is 0 Å². The van der Waals surface area contributed by atoms with Gasteiger partial charge in [0.25, 0.3) is 17.7 Å². The number of rotatable bonds is 18. The summed E-state index contributed by atoms with van der Waals surface area (Å²) in [4.78, 5) is 82.1. The van der Waals surface area contributed by atoms with Crippen molar-refractivity contribution in [3.05, 3.63) is 180 Å². The predicted octanol–water partition coefficient (Wildman–Crippen LogP) is 8.50. The fourth-order valence-electron chi connectivity index (χ4n) is 6.21. The Bertz CT molecular complexity index is 2400. The summed E-state index contributed by atoms with van der Waals surface area (Å²) in [5.41, 5.74) is 20.3. The van der Waals surface area contributed by atoms with Gasteiger partial charge in [0, 0.05) is 0 Å². The van der Waals surface area contributed by atoms with Crippen LogP contribution in [0.1, 0.15) is 37.5 Å². The molecule has 0 saturated heterocycles. The maximum Gasteiger partial charge on any atom is 0.530 e. The van der Waals surface area contributed by atoms with Gasteiger partial charge in [-0.3, -0.25) is 14.4 Å². The molecule has 6 N–H and O–H groups in total. The molecule has 6 aromatic carbocycles. The molecule has 362 valence electrons. The van der Waals surface area contributed by atoms with Crippen molar-refractivity contribution in [2.24, 2.45) is 17.2 Å². The lowest BCUT2D eigenvalue weighted by atomic mass is 10.2. The number of nitrogens with two attached hydrogens (primary N) is 3. The number of imide groups is 3. The third-order valence-electron chi connectivity index (χ3n) is 9.82. The highest BCUT2D eigenvalue weighted by Gasteiger charge is 2.31. The van der Waals surface area contributed by atoms with Gasteiger partial charge in [-0.25, -0.2) is 29.1 Å². The number of nitrogens with zero attached hydrogens (tertiary/aromatic N) is 3. The van der Waals surface area contributed by atoms with Gasteiger partial charge in [0.15, 0.2) is 0 Å². The van der Waals surface area contributed by atoms with Crippen LogP contribution in [0.15, 0.2) is 164 Å². The molecule has 3 atom stereocenters. The van der Waals surface area contributed by atoms with Crippen molar-refractivity contribution in [2.45, 2.75) is 58.7 Å². The summed E-state index contributed by atoms with van der Waals surface area (Å²) < 4.78 is 35.0. The fourth-order valence-corrected chi connectivity index (χ4v) is 7.21. The summed E-state index contributed by atoms with van der Waals surface area (Å²) in [6, 6.07) is 41.1. The Morgan fingerprint density at radius 1 is 0.386 bits per heavy atom. The summed E-state index contributed by atoms with van der Waals surface area (Å²) in [6.45, 7) is 4.04. The molecule has 0 aliphatic rings. The van der Waals surface area contributed by atoms with Gasteiger partial charge >= 0.3 is 26.9 Å². The van der Waals surface area contributed by atoms with E-state index in [2.05, 4.69) is 0 Å². The maximum absolute atomic E-state index is 13.3. The van der Waals surface area contributed by atoms with E-state index < -0.39 is 62.7 Å². The molecule has 0 bridgehead atoms. The van der Waals surface area contributed by atoms with E-state index in [1.54, 1.807) is 72.8 Å². The van der Waals surface area contributed by atoms with Gasteiger partial charge in [-0.1, -0.05) is 91.0 Å². The Hall–Kier alpha value is -8.15. The first-order valence-corrected chi connectivity index (χ1v) is 22.8. The molecular weight excluding hydrogens is 920 g/mol. The van der Waals surface area contributed by atoms with Crippen molar-refractivity contribution < 1.29 is 56.5 Å². The first-order chi connectivity index (χ1) is 33.7. The van der Waals surface area contributed by atoms with Crippen molar-refractivity contribution in [3.63, 3.8) is 0 Å². The molecule has 0 unspecified atom stereocenters. The van der Waals surface area contributed by atoms with Crippen molar-refractivity contribution >= 4 is 61.7 Å². The normalized spacial score (nSPS) is 12.0. The summed E-state index contributed by atoms with van der Waals surface area (Å²) in [7, 11) is -2.44. The summed E-state index contributed by atoms with van der Waals surface area (Å²) >= 11 is 0. The van der Waals surface area contributed by atoms with E-state index in [-0.39, 0.29) is 54.1 Å². The number of hydrogen-bond acceptors (Lipinski definition) is 15. The molecule has 0 fully saturated rings. The number of carbonyl (C=O) groups excluding carboxylic acids is 6. The van der Waals surface area contributed by atoms with E-state index in [0.29, 0.717) is 16.7 Å². The minimum Gasteiger partial charge on any atom is -0.444 e. The molecule has 19 heteroatoms. The number of hydrogen-bond donors (Lipinski definition) is 3. The van der Waals surface area contributed by atoms with E-state index in [4.69, 9.17) is 45.0 Å². The third kappa shape index (κ3) is 14.2. The average Bonchev–Trinajstić information content (AvgIpc) is 3.37. The van der Waals surface area contributed by atoms with Crippen LogP contribution in [0.5, 0.6) is 17.2 Å². The molecule has 0 aromatic heterocycles. The van der Waals surface area contributed by atoms with Gasteiger partial charge in [0.05, 0.1) is 35.2 Å². The van der Waals surface area contributed by atoms with Crippen LogP contribution >= 0.6 is 8.60 Å². The molecule has 0 saturated carbocycles. The number of carbonyl (C=O) groups is 6. The standard InChI is InChI=1S/C51H51N6O12P/c1-34(52)46(58)55(49(61)64-31-37-13-7-4-8-14-37)40-19-25-43(26-20-40)67-70(68-44-27-21-41(22-28-44)56(47(59)35(2)53)50(62)65-32-38-15-9-5-10-16-38)69-45-29-23-42(24-30-45)57(48(60)36(3)54)51(63)66-33-39-17-11-6-12-18-39/h4-30,34-36H,31-33,52-54H2,1-3H3/t34-,35-,36-/m0/s1. The summed E-state index contributed by atoms with van der Waals surface area (Å²) in [5, 5.41) is 0. The third-order valence-corrected chi connectivity index (χ3v) is 10.9. The quantitative estimate of drug-likeness (QED) is 0.0540. The topological polar surface area (TPSA) is 246 Å². The van der Waals surface area contributed by atoms with Crippen LogP contribution in [-0.2, 0) is 48.4 Å². The Labute approximate surface area is 405 Å². The SMILES string of the molecule is C[C@H](N)C(=O)N(C(=O)OCc1ccccc1)c1ccc(OP(Oc2ccc(N(C(=O)OCc3ccccc3)C(=O)[C@H](C)N)cc2)Oc2ccc(N(C(=O)OCc3ccccc3)C(=O)[C@H](C)N)cc2)cc1.